The maximum Gasteiger partial charge on any atom is 0.233 e. The van der Waals surface area contributed by atoms with Crippen LogP contribution in [0.2, 0.25) is 0 Å². The number of aromatic nitrogens is 3. The summed E-state index contributed by atoms with van der Waals surface area (Å²) in [7, 11) is 1.66. The molecule has 2 aromatic carbocycles. The third kappa shape index (κ3) is 5.62. The van der Waals surface area contributed by atoms with Gasteiger partial charge in [-0.25, -0.2) is 0 Å². The number of hydrogen-bond donors (Lipinski definition) is 0. The summed E-state index contributed by atoms with van der Waals surface area (Å²) < 4.78 is 12.9. The molecule has 1 saturated carbocycles. The molecule has 0 radical (unpaired) electrons. The summed E-state index contributed by atoms with van der Waals surface area (Å²) in [5.41, 5.74) is 3.27. The number of carbonyl (C=O) groups is 1. The lowest BCUT2D eigenvalue weighted by Gasteiger charge is -2.28. The monoisotopic (exact) mass is 493 g/mol. The number of carbonyl (C=O) groups excluding carboxylic acids is 1. The fraction of sp³-hybridized carbons (Fsp3) is 0.423. The van der Waals surface area contributed by atoms with Crippen LogP contribution in [0.5, 0.6) is 5.75 Å². The van der Waals surface area contributed by atoms with Gasteiger partial charge in [-0.2, -0.15) is 0 Å². The molecule has 9 heteroatoms. The number of ether oxygens (including phenoxy) is 2. The standard InChI is InChI=1S/C26H31N5O3S/c1-19-4-3-5-22(16-19)31-25(29-12-14-34-15-13-29)27-28-26(31)35-18-24(32)30(21-8-9-21)17-20-6-10-23(33-2)11-7-20/h3-7,10-11,16,21H,8-9,12-15,17-18H2,1-2H3. The third-order valence-electron chi connectivity index (χ3n) is 6.31. The van der Waals surface area contributed by atoms with E-state index in [1.54, 1.807) is 7.11 Å². The summed E-state index contributed by atoms with van der Waals surface area (Å²) >= 11 is 1.45. The summed E-state index contributed by atoms with van der Waals surface area (Å²) in [5, 5.41) is 9.75. The average Bonchev–Trinajstić information content (AvgIpc) is 3.65. The normalized spacial score (nSPS) is 15.8. The summed E-state index contributed by atoms with van der Waals surface area (Å²) in [6, 6.07) is 16.6. The van der Waals surface area contributed by atoms with Gasteiger partial charge in [0.2, 0.25) is 11.9 Å². The minimum absolute atomic E-state index is 0.125. The Morgan fingerprint density at radius 1 is 1.14 bits per heavy atom. The summed E-state index contributed by atoms with van der Waals surface area (Å²) in [4.78, 5) is 17.5. The van der Waals surface area contributed by atoms with Crippen molar-refractivity contribution in [3.05, 3.63) is 59.7 Å². The lowest BCUT2D eigenvalue weighted by molar-refractivity contribution is -0.129. The topological polar surface area (TPSA) is 72.7 Å². The Labute approximate surface area is 210 Å². The van der Waals surface area contributed by atoms with Gasteiger partial charge in [0.1, 0.15) is 5.75 Å². The van der Waals surface area contributed by atoms with E-state index in [-0.39, 0.29) is 5.91 Å². The highest BCUT2D eigenvalue weighted by molar-refractivity contribution is 7.99. The predicted molar refractivity (Wildman–Crippen MR) is 136 cm³/mol. The van der Waals surface area contributed by atoms with Crippen LogP contribution >= 0.6 is 11.8 Å². The fourth-order valence-corrected chi connectivity index (χ4v) is 5.09. The van der Waals surface area contributed by atoms with E-state index in [1.165, 1.54) is 11.8 Å². The molecular weight excluding hydrogens is 462 g/mol. The van der Waals surface area contributed by atoms with Crippen LogP contribution in [0, 0.1) is 6.92 Å². The van der Waals surface area contributed by atoms with Crippen LogP contribution in [0.1, 0.15) is 24.0 Å². The van der Waals surface area contributed by atoms with Gasteiger partial charge in [0.05, 0.1) is 31.8 Å². The van der Waals surface area contributed by atoms with Crippen LogP contribution in [-0.4, -0.2) is 70.8 Å². The largest absolute Gasteiger partial charge is 0.497 e. The Morgan fingerprint density at radius 3 is 2.60 bits per heavy atom. The van der Waals surface area contributed by atoms with E-state index in [9.17, 15) is 4.79 Å². The van der Waals surface area contributed by atoms with Crippen LogP contribution in [0.25, 0.3) is 5.69 Å². The minimum atomic E-state index is 0.125. The number of thioether (sulfide) groups is 1. The maximum atomic E-state index is 13.3. The van der Waals surface area contributed by atoms with Gasteiger partial charge < -0.3 is 19.3 Å². The van der Waals surface area contributed by atoms with E-state index in [0.717, 1.165) is 59.6 Å². The Kier molecular flexibility index (Phi) is 7.24. The van der Waals surface area contributed by atoms with Gasteiger partial charge in [0.25, 0.3) is 0 Å². The molecule has 1 saturated heterocycles. The van der Waals surface area contributed by atoms with Gasteiger partial charge in [-0.05, 0) is 55.2 Å². The van der Waals surface area contributed by atoms with Crippen LogP contribution in [-0.2, 0) is 16.1 Å². The number of morpholine rings is 1. The van der Waals surface area contributed by atoms with Gasteiger partial charge in [0.15, 0.2) is 5.16 Å². The zero-order chi connectivity index (χ0) is 24.2. The molecular formula is C26H31N5O3S. The van der Waals surface area contributed by atoms with Gasteiger partial charge in [0, 0.05) is 25.7 Å². The quantitative estimate of drug-likeness (QED) is 0.421. The molecule has 0 atom stereocenters. The van der Waals surface area contributed by atoms with Gasteiger partial charge in [-0.3, -0.25) is 9.36 Å². The molecule has 2 fully saturated rings. The smallest absolute Gasteiger partial charge is 0.233 e. The second-order valence-corrected chi connectivity index (χ2v) is 9.89. The molecule has 1 aromatic heterocycles. The molecule has 1 amide bonds. The first-order chi connectivity index (χ1) is 17.1. The number of rotatable bonds is 9. The second kappa shape index (κ2) is 10.7. The first-order valence-corrected chi connectivity index (χ1v) is 13.0. The Balaban J connectivity index is 1.34. The average molecular weight is 494 g/mol. The fourth-order valence-electron chi connectivity index (χ4n) is 4.26. The van der Waals surface area contributed by atoms with Gasteiger partial charge in [-0.1, -0.05) is 36.0 Å². The summed E-state index contributed by atoms with van der Waals surface area (Å²) in [6.07, 6.45) is 2.13. The molecule has 5 rings (SSSR count). The summed E-state index contributed by atoms with van der Waals surface area (Å²) in [6.45, 7) is 5.56. The SMILES string of the molecule is COc1ccc(CN(C(=O)CSc2nnc(N3CCOCC3)n2-c2cccc(C)c2)C2CC2)cc1. The van der Waals surface area contributed by atoms with Crippen molar-refractivity contribution in [1.29, 1.82) is 0 Å². The van der Waals surface area contributed by atoms with Crippen LogP contribution in [0.4, 0.5) is 5.95 Å². The van der Waals surface area contributed by atoms with Crippen molar-refractivity contribution in [1.82, 2.24) is 19.7 Å². The van der Waals surface area contributed by atoms with E-state index >= 15 is 0 Å². The molecule has 0 unspecified atom stereocenters. The number of nitrogens with zero attached hydrogens (tertiary/aromatic N) is 5. The molecule has 1 aliphatic carbocycles. The third-order valence-corrected chi connectivity index (χ3v) is 7.23. The molecule has 0 N–H and O–H groups in total. The zero-order valence-corrected chi connectivity index (χ0v) is 21.0. The first kappa shape index (κ1) is 23.7. The molecule has 3 aromatic rings. The van der Waals surface area contributed by atoms with Crippen molar-refractivity contribution in [3.8, 4) is 11.4 Å². The zero-order valence-electron chi connectivity index (χ0n) is 20.2. The van der Waals surface area contributed by atoms with Crippen molar-refractivity contribution >= 4 is 23.6 Å². The lowest BCUT2D eigenvalue weighted by Crippen LogP contribution is -2.38. The van der Waals surface area contributed by atoms with E-state index in [1.807, 2.05) is 35.2 Å². The molecule has 0 spiro atoms. The number of hydrogen-bond acceptors (Lipinski definition) is 7. The number of anilines is 1. The van der Waals surface area contributed by atoms with Crippen molar-refractivity contribution < 1.29 is 14.3 Å². The molecule has 2 heterocycles. The van der Waals surface area contributed by atoms with Crippen LogP contribution in [0.15, 0.2) is 53.7 Å². The number of benzene rings is 2. The molecule has 0 bridgehead atoms. The molecule has 35 heavy (non-hydrogen) atoms. The summed E-state index contributed by atoms with van der Waals surface area (Å²) in [5.74, 6) is 2.06. The van der Waals surface area contributed by atoms with Gasteiger partial charge >= 0.3 is 0 Å². The first-order valence-electron chi connectivity index (χ1n) is 12.0. The van der Waals surface area contributed by atoms with E-state index in [0.29, 0.717) is 31.6 Å². The highest BCUT2D eigenvalue weighted by atomic mass is 32.2. The molecule has 8 nitrogen and oxygen atoms in total. The van der Waals surface area contributed by atoms with E-state index in [4.69, 9.17) is 9.47 Å². The van der Waals surface area contributed by atoms with Crippen molar-refractivity contribution in [2.75, 3.05) is 44.1 Å². The van der Waals surface area contributed by atoms with Crippen LogP contribution in [0.3, 0.4) is 0 Å². The Bertz CT molecular complexity index is 1160. The number of aryl methyl sites for hydroxylation is 1. The molecule has 2 aliphatic rings. The minimum Gasteiger partial charge on any atom is -0.497 e. The highest BCUT2D eigenvalue weighted by Crippen LogP contribution is 2.32. The predicted octanol–water partition coefficient (Wildman–Crippen LogP) is 3.70. The lowest BCUT2D eigenvalue weighted by atomic mass is 10.2. The van der Waals surface area contributed by atoms with E-state index < -0.39 is 0 Å². The molecule has 1 aliphatic heterocycles. The Hall–Kier alpha value is -3.04. The molecule has 184 valence electrons. The number of amides is 1. The van der Waals surface area contributed by atoms with E-state index in [2.05, 4.69) is 44.8 Å². The number of methoxy groups -OCH3 is 1. The van der Waals surface area contributed by atoms with Gasteiger partial charge in [-0.15, -0.1) is 10.2 Å². The van der Waals surface area contributed by atoms with Crippen LogP contribution < -0.4 is 9.64 Å². The maximum absolute atomic E-state index is 13.3. The highest BCUT2D eigenvalue weighted by Gasteiger charge is 2.33. The van der Waals surface area contributed by atoms with Crippen molar-refractivity contribution in [2.24, 2.45) is 0 Å². The Morgan fingerprint density at radius 2 is 1.91 bits per heavy atom. The van der Waals surface area contributed by atoms with Crippen molar-refractivity contribution in [3.63, 3.8) is 0 Å². The second-order valence-electron chi connectivity index (χ2n) is 8.95. The van der Waals surface area contributed by atoms with Crippen molar-refractivity contribution in [2.45, 2.75) is 37.5 Å².